The van der Waals surface area contributed by atoms with E-state index in [2.05, 4.69) is 14.5 Å². The highest BCUT2D eigenvalue weighted by Gasteiger charge is 2.38. The van der Waals surface area contributed by atoms with Gasteiger partial charge in [0.2, 0.25) is 0 Å². The van der Waals surface area contributed by atoms with Gasteiger partial charge in [-0.1, -0.05) is 0 Å². The molecule has 0 aliphatic heterocycles. The molecule has 0 amide bonds. The maximum atomic E-state index is 13.3. The number of alkyl halides is 5. The predicted molar refractivity (Wildman–Crippen MR) is 47.2 cm³/mol. The van der Waals surface area contributed by atoms with Gasteiger partial charge in [0.05, 0.1) is 13.3 Å². The van der Waals surface area contributed by atoms with Gasteiger partial charge in [-0.2, -0.15) is 0 Å². The van der Waals surface area contributed by atoms with E-state index in [1.54, 1.807) is 0 Å². The molecule has 4 nitrogen and oxygen atoms in total. The molecule has 1 aromatic heterocycles. The molecule has 0 radical (unpaired) electrons. The minimum absolute atomic E-state index is 0.178. The molecule has 0 saturated carbocycles. The number of carbonyl (C=O) groups is 1. The van der Waals surface area contributed by atoms with Crippen LogP contribution < -0.4 is 4.74 Å². The maximum absolute atomic E-state index is 13.3. The Labute approximate surface area is 101 Å². The van der Waals surface area contributed by atoms with Gasteiger partial charge in [0, 0.05) is 0 Å². The number of methoxy groups -OCH3 is 1. The Bertz CT molecular complexity index is 488. The zero-order valence-electron chi connectivity index (χ0n) is 9.09. The Kier molecular flexibility index (Phi) is 4.22. The number of ether oxygens (including phenoxy) is 2. The monoisotopic (exact) mass is 289 g/mol. The fraction of sp³-hybridized carbons (Fsp3) is 0.333. The van der Waals surface area contributed by atoms with Crippen LogP contribution in [0.5, 0.6) is 5.75 Å². The first-order valence-electron chi connectivity index (χ1n) is 4.48. The van der Waals surface area contributed by atoms with Crippen molar-refractivity contribution < 1.29 is 40.6 Å². The van der Waals surface area contributed by atoms with E-state index in [4.69, 9.17) is 0 Å². The summed E-state index contributed by atoms with van der Waals surface area (Å²) in [6.07, 6.45) is -8.72. The lowest BCUT2D eigenvalue weighted by Gasteiger charge is -2.15. The smallest absolute Gasteiger partial charge is 0.465 e. The summed E-state index contributed by atoms with van der Waals surface area (Å²) in [5.74, 6) is -4.88. The zero-order valence-corrected chi connectivity index (χ0v) is 9.09. The van der Waals surface area contributed by atoms with Gasteiger partial charge in [-0.05, 0) is 0 Å². The lowest BCUT2D eigenvalue weighted by molar-refractivity contribution is -0.275. The van der Waals surface area contributed by atoms with E-state index in [0.717, 1.165) is 7.11 Å². The third-order valence-electron chi connectivity index (χ3n) is 1.83. The number of aromatic nitrogens is 1. The van der Waals surface area contributed by atoms with Crippen LogP contribution in [0.2, 0.25) is 0 Å². The van der Waals surface area contributed by atoms with Crippen molar-refractivity contribution in [3.8, 4) is 5.75 Å². The molecule has 0 aromatic carbocycles. The Morgan fingerprint density at radius 2 is 1.95 bits per heavy atom. The van der Waals surface area contributed by atoms with Gasteiger partial charge in [-0.25, -0.2) is 22.9 Å². The molecule has 1 aromatic rings. The Hall–Kier alpha value is -2.00. The molecular weight excluding hydrogens is 284 g/mol. The minimum Gasteiger partial charge on any atom is -0.465 e. The van der Waals surface area contributed by atoms with Gasteiger partial charge >= 0.3 is 12.3 Å². The lowest BCUT2D eigenvalue weighted by atomic mass is 10.2. The fourth-order valence-corrected chi connectivity index (χ4v) is 1.15. The van der Waals surface area contributed by atoms with Crippen LogP contribution in [-0.4, -0.2) is 24.4 Å². The summed E-state index contributed by atoms with van der Waals surface area (Å²) in [4.78, 5) is 13.9. The molecule has 19 heavy (non-hydrogen) atoms. The van der Waals surface area contributed by atoms with Crippen LogP contribution in [0.1, 0.15) is 22.5 Å². The molecule has 0 spiro atoms. The van der Waals surface area contributed by atoms with Crippen LogP contribution in [-0.2, 0) is 4.74 Å². The Morgan fingerprint density at radius 3 is 2.37 bits per heavy atom. The second-order valence-corrected chi connectivity index (χ2v) is 3.04. The second-order valence-electron chi connectivity index (χ2n) is 3.04. The molecule has 1 heterocycles. The highest BCUT2D eigenvalue weighted by atomic mass is 19.4. The van der Waals surface area contributed by atoms with E-state index in [-0.39, 0.29) is 6.20 Å². The quantitative estimate of drug-likeness (QED) is 0.634. The highest BCUT2D eigenvalue weighted by Crippen LogP contribution is 2.35. The lowest BCUT2D eigenvalue weighted by Crippen LogP contribution is -2.22. The number of hydrogen-bond acceptors (Lipinski definition) is 4. The summed E-state index contributed by atoms with van der Waals surface area (Å²) in [5.41, 5.74) is -2.91. The standard InChI is InChI=1S/C9H5F6NO3/c1-18-8(17)4-3(10)2-16-5(7(11)12)6(4)19-9(13,14)15/h2,7H,1H3. The van der Waals surface area contributed by atoms with Crippen LogP contribution in [0.4, 0.5) is 26.3 Å². The number of halogens is 6. The zero-order chi connectivity index (χ0) is 14.8. The van der Waals surface area contributed by atoms with Gasteiger partial charge in [0.15, 0.2) is 11.6 Å². The summed E-state index contributed by atoms with van der Waals surface area (Å²) in [6, 6.07) is 0. The van der Waals surface area contributed by atoms with Crippen LogP contribution >= 0.6 is 0 Å². The van der Waals surface area contributed by atoms with Gasteiger partial charge in [0.25, 0.3) is 6.43 Å². The van der Waals surface area contributed by atoms with E-state index in [9.17, 15) is 31.1 Å². The summed E-state index contributed by atoms with van der Waals surface area (Å²) in [6.45, 7) is 0. The van der Waals surface area contributed by atoms with Gasteiger partial charge in [-0.3, -0.25) is 0 Å². The minimum atomic E-state index is -5.40. The molecule has 0 N–H and O–H groups in total. The van der Waals surface area contributed by atoms with Crippen LogP contribution in [0.25, 0.3) is 0 Å². The van der Waals surface area contributed by atoms with Crippen LogP contribution in [0, 0.1) is 5.82 Å². The van der Waals surface area contributed by atoms with Crippen molar-refractivity contribution in [2.45, 2.75) is 12.8 Å². The Balaban J connectivity index is 3.50. The van der Waals surface area contributed by atoms with Crippen molar-refractivity contribution in [1.82, 2.24) is 4.98 Å². The molecule has 0 atom stereocenters. The number of hydrogen-bond donors (Lipinski definition) is 0. The summed E-state index contributed by atoms with van der Waals surface area (Å²) < 4.78 is 81.8. The predicted octanol–water partition coefficient (Wildman–Crippen LogP) is 2.84. The molecule has 10 heteroatoms. The average molecular weight is 289 g/mol. The molecular formula is C9H5F6NO3. The van der Waals surface area contributed by atoms with E-state index >= 15 is 0 Å². The summed E-state index contributed by atoms with van der Waals surface area (Å²) in [7, 11) is 0.738. The largest absolute Gasteiger partial charge is 0.573 e. The van der Waals surface area contributed by atoms with Gasteiger partial charge in [-0.15, -0.1) is 13.2 Å². The third kappa shape index (κ3) is 3.48. The van der Waals surface area contributed by atoms with Crippen LogP contribution in [0.3, 0.4) is 0 Å². The number of rotatable bonds is 3. The molecule has 106 valence electrons. The summed E-state index contributed by atoms with van der Waals surface area (Å²) in [5, 5.41) is 0. The molecule has 0 fully saturated rings. The molecule has 0 saturated heterocycles. The molecule has 0 bridgehead atoms. The average Bonchev–Trinajstić information content (AvgIpc) is 2.26. The number of nitrogens with zero attached hydrogens (tertiary/aromatic N) is 1. The van der Waals surface area contributed by atoms with Crippen molar-refractivity contribution in [2.75, 3.05) is 7.11 Å². The first-order valence-corrected chi connectivity index (χ1v) is 4.48. The summed E-state index contributed by atoms with van der Waals surface area (Å²) >= 11 is 0. The van der Waals surface area contributed by atoms with Crippen molar-refractivity contribution >= 4 is 5.97 Å². The number of pyridine rings is 1. The number of esters is 1. The van der Waals surface area contributed by atoms with Gasteiger partial charge < -0.3 is 9.47 Å². The highest BCUT2D eigenvalue weighted by molar-refractivity contribution is 5.93. The van der Waals surface area contributed by atoms with Gasteiger partial charge in [0.1, 0.15) is 11.3 Å². The maximum Gasteiger partial charge on any atom is 0.573 e. The third-order valence-corrected chi connectivity index (χ3v) is 1.83. The normalized spacial score (nSPS) is 11.6. The fourth-order valence-electron chi connectivity index (χ4n) is 1.15. The molecule has 0 aliphatic carbocycles. The number of carbonyl (C=O) groups excluding carboxylic acids is 1. The van der Waals surface area contributed by atoms with E-state index in [1.165, 1.54) is 0 Å². The van der Waals surface area contributed by atoms with Crippen molar-refractivity contribution in [1.29, 1.82) is 0 Å². The molecule has 0 aliphatic rings. The molecule has 1 rings (SSSR count). The topological polar surface area (TPSA) is 48.4 Å². The van der Waals surface area contributed by atoms with Crippen molar-refractivity contribution in [2.24, 2.45) is 0 Å². The molecule has 0 unspecified atom stereocenters. The Morgan fingerprint density at radius 1 is 1.37 bits per heavy atom. The van der Waals surface area contributed by atoms with E-state index in [1.807, 2.05) is 0 Å². The van der Waals surface area contributed by atoms with Crippen LogP contribution in [0.15, 0.2) is 6.20 Å². The van der Waals surface area contributed by atoms with Crippen molar-refractivity contribution in [3.63, 3.8) is 0 Å². The van der Waals surface area contributed by atoms with E-state index in [0.29, 0.717) is 0 Å². The van der Waals surface area contributed by atoms with E-state index < -0.39 is 41.6 Å². The second kappa shape index (κ2) is 5.33. The first-order chi connectivity index (χ1) is 8.67. The SMILES string of the molecule is COC(=O)c1c(F)cnc(C(F)F)c1OC(F)(F)F. The van der Waals surface area contributed by atoms with Crippen molar-refractivity contribution in [3.05, 3.63) is 23.3 Å². The first kappa shape index (κ1) is 15.1.